The highest BCUT2D eigenvalue weighted by Crippen LogP contribution is 2.15. The molecule has 0 aromatic heterocycles. The molecule has 1 aromatic carbocycles. The van der Waals surface area contributed by atoms with Crippen LogP contribution in [0, 0.1) is 13.8 Å². The van der Waals surface area contributed by atoms with E-state index in [2.05, 4.69) is 36.6 Å². The van der Waals surface area contributed by atoms with Crippen LogP contribution in [-0.2, 0) is 0 Å². The van der Waals surface area contributed by atoms with Crippen molar-refractivity contribution in [1.29, 1.82) is 0 Å². The van der Waals surface area contributed by atoms with Crippen molar-refractivity contribution >= 4 is 5.78 Å². The van der Waals surface area contributed by atoms with Crippen LogP contribution in [0.5, 0.6) is 0 Å². The van der Waals surface area contributed by atoms with E-state index in [9.17, 15) is 4.79 Å². The van der Waals surface area contributed by atoms with Crippen molar-refractivity contribution in [2.45, 2.75) is 40.2 Å². The molecule has 1 aliphatic rings. The van der Waals surface area contributed by atoms with Crippen molar-refractivity contribution in [2.75, 3.05) is 32.7 Å². The average Bonchev–Trinajstić information content (AvgIpc) is 2.50. The number of hydrogen-bond donors (Lipinski definition) is 0. The number of aryl methyl sites for hydroxylation is 2. The molecule has 0 radical (unpaired) electrons. The Morgan fingerprint density at radius 2 is 1.81 bits per heavy atom. The molecule has 1 fully saturated rings. The zero-order valence-corrected chi connectivity index (χ0v) is 13.9. The fourth-order valence-corrected chi connectivity index (χ4v) is 2.99. The first-order chi connectivity index (χ1) is 10.0. The molecule has 0 aliphatic carbocycles. The topological polar surface area (TPSA) is 23.6 Å². The van der Waals surface area contributed by atoms with Gasteiger partial charge in [-0.1, -0.05) is 19.1 Å². The molecule has 1 saturated heterocycles. The van der Waals surface area contributed by atoms with Gasteiger partial charge in [0.15, 0.2) is 5.78 Å². The predicted molar refractivity (Wildman–Crippen MR) is 88.0 cm³/mol. The van der Waals surface area contributed by atoms with E-state index in [1.54, 1.807) is 0 Å². The molecule has 1 aliphatic heterocycles. The zero-order valence-electron chi connectivity index (χ0n) is 13.9. The molecular formula is C18H28N2O. The smallest absolute Gasteiger partial charge is 0.179 e. The summed E-state index contributed by atoms with van der Waals surface area (Å²) in [6, 6.07) is 6.03. The third-order valence-electron chi connectivity index (χ3n) is 4.67. The zero-order chi connectivity index (χ0) is 15.4. The second kappa shape index (κ2) is 7.19. The monoisotopic (exact) mass is 288 g/mol. The molecule has 1 atom stereocenters. The average molecular weight is 288 g/mol. The summed E-state index contributed by atoms with van der Waals surface area (Å²) in [5.74, 6) is 0.252. The molecular weight excluding hydrogens is 260 g/mol. The Balaban J connectivity index is 1.98. The van der Waals surface area contributed by atoms with Gasteiger partial charge in [0, 0.05) is 31.7 Å². The highest BCUT2D eigenvalue weighted by Gasteiger charge is 2.26. The Labute approximate surface area is 128 Å². The standard InChI is InChI=1S/C18H28N2O/c1-5-8-19-9-11-20(12-10-19)16(4)18(21)17-7-6-14(2)15(3)13-17/h6-7,13,16H,5,8-12H2,1-4H3. The third kappa shape index (κ3) is 3.92. The Morgan fingerprint density at radius 3 is 2.38 bits per heavy atom. The molecule has 1 unspecified atom stereocenters. The second-order valence-electron chi connectivity index (χ2n) is 6.22. The van der Waals surface area contributed by atoms with Gasteiger partial charge in [0.25, 0.3) is 0 Å². The summed E-state index contributed by atoms with van der Waals surface area (Å²) in [6.07, 6.45) is 1.21. The Hall–Kier alpha value is -1.19. The van der Waals surface area contributed by atoms with Crippen molar-refractivity contribution in [2.24, 2.45) is 0 Å². The van der Waals surface area contributed by atoms with Gasteiger partial charge in [-0.25, -0.2) is 0 Å². The number of piperazine rings is 1. The molecule has 0 bridgehead atoms. The summed E-state index contributed by atoms with van der Waals surface area (Å²) < 4.78 is 0. The lowest BCUT2D eigenvalue weighted by Crippen LogP contribution is -2.51. The number of rotatable bonds is 5. The van der Waals surface area contributed by atoms with Crippen molar-refractivity contribution in [3.8, 4) is 0 Å². The van der Waals surface area contributed by atoms with Gasteiger partial charge < -0.3 is 4.90 Å². The van der Waals surface area contributed by atoms with Crippen LogP contribution in [0.25, 0.3) is 0 Å². The van der Waals surface area contributed by atoms with Crippen LogP contribution >= 0.6 is 0 Å². The first-order valence-electron chi connectivity index (χ1n) is 8.10. The summed E-state index contributed by atoms with van der Waals surface area (Å²) in [7, 11) is 0. The summed E-state index contributed by atoms with van der Waals surface area (Å²) in [5.41, 5.74) is 3.29. The van der Waals surface area contributed by atoms with Gasteiger partial charge in [-0.3, -0.25) is 9.69 Å². The molecule has 1 aromatic rings. The lowest BCUT2D eigenvalue weighted by molar-refractivity contribution is 0.0701. The summed E-state index contributed by atoms with van der Waals surface area (Å²) in [5, 5.41) is 0. The number of carbonyl (C=O) groups is 1. The van der Waals surface area contributed by atoms with E-state index in [-0.39, 0.29) is 11.8 Å². The highest BCUT2D eigenvalue weighted by atomic mass is 16.1. The van der Waals surface area contributed by atoms with Crippen molar-refractivity contribution in [3.63, 3.8) is 0 Å². The van der Waals surface area contributed by atoms with Crippen molar-refractivity contribution in [1.82, 2.24) is 9.80 Å². The van der Waals surface area contributed by atoms with Gasteiger partial charge in [-0.2, -0.15) is 0 Å². The van der Waals surface area contributed by atoms with Gasteiger partial charge in [0.1, 0.15) is 0 Å². The molecule has 116 valence electrons. The molecule has 0 N–H and O–H groups in total. The minimum absolute atomic E-state index is 0.0177. The number of nitrogens with zero attached hydrogens (tertiary/aromatic N) is 2. The summed E-state index contributed by atoms with van der Waals surface area (Å²) in [6.45, 7) is 13.8. The minimum atomic E-state index is -0.0177. The molecule has 0 amide bonds. The first kappa shape index (κ1) is 16.2. The lowest BCUT2D eigenvalue weighted by atomic mass is 9.99. The normalized spacial score (nSPS) is 18.7. The largest absolute Gasteiger partial charge is 0.301 e. The second-order valence-corrected chi connectivity index (χ2v) is 6.22. The van der Waals surface area contributed by atoms with E-state index in [0.717, 1.165) is 31.7 Å². The number of hydrogen-bond acceptors (Lipinski definition) is 3. The number of benzene rings is 1. The van der Waals surface area contributed by atoms with Gasteiger partial charge in [-0.15, -0.1) is 0 Å². The first-order valence-corrected chi connectivity index (χ1v) is 8.10. The van der Waals surface area contributed by atoms with E-state index in [1.165, 1.54) is 24.1 Å². The lowest BCUT2D eigenvalue weighted by Gasteiger charge is -2.37. The molecule has 1 heterocycles. The van der Waals surface area contributed by atoms with E-state index < -0.39 is 0 Å². The van der Waals surface area contributed by atoms with E-state index >= 15 is 0 Å². The van der Waals surface area contributed by atoms with E-state index in [4.69, 9.17) is 0 Å². The van der Waals surface area contributed by atoms with E-state index in [1.807, 2.05) is 19.1 Å². The van der Waals surface area contributed by atoms with Crippen LogP contribution in [0.1, 0.15) is 41.8 Å². The maximum atomic E-state index is 12.7. The van der Waals surface area contributed by atoms with Crippen LogP contribution in [0.4, 0.5) is 0 Å². The third-order valence-corrected chi connectivity index (χ3v) is 4.67. The van der Waals surface area contributed by atoms with Crippen LogP contribution in [0.15, 0.2) is 18.2 Å². The van der Waals surface area contributed by atoms with Gasteiger partial charge >= 0.3 is 0 Å². The number of Topliss-reactive ketones (excluding diaryl/α,β-unsaturated/α-hetero) is 1. The van der Waals surface area contributed by atoms with Crippen molar-refractivity contribution < 1.29 is 4.79 Å². The predicted octanol–water partition coefficient (Wildman–Crippen LogP) is 2.90. The quantitative estimate of drug-likeness (QED) is 0.778. The maximum absolute atomic E-state index is 12.7. The Kier molecular flexibility index (Phi) is 5.54. The number of ketones is 1. The van der Waals surface area contributed by atoms with Gasteiger partial charge in [0.2, 0.25) is 0 Å². The van der Waals surface area contributed by atoms with Crippen LogP contribution in [0.3, 0.4) is 0 Å². The molecule has 2 rings (SSSR count). The fraction of sp³-hybridized carbons (Fsp3) is 0.611. The van der Waals surface area contributed by atoms with Crippen LogP contribution in [0.2, 0.25) is 0 Å². The molecule has 0 spiro atoms. The van der Waals surface area contributed by atoms with Crippen LogP contribution < -0.4 is 0 Å². The summed E-state index contributed by atoms with van der Waals surface area (Å²) >= 11 is 0. The van der Waals surface area contributed by atoms with Crippen molar-refractivity contribution in [3.05, 3.63) is 34.9 Å². The molecule has 21 heavy (non-hydrogen) atoms. The van der Waals surface area contributed by atoms with Gasteiger partial charge in [-0.05, 0) is 50.9 Å². The minimum Gasteiger partial charge on any atom is -0.301 e. The highest BCUT2D eigenvalue weighted by molar-refractivity contribution is 6.00. The van der Waals surface area contributed by atoms with Gasteiger partial charge in [0.05, 0.1) is 6.04 Å². The Morgan fingerprint density at radius 1 is 1.14 bits per heavy atom. The fourth-order valence-electron chi connectivity index (χ4n) is 2.99. The SMILES string of the molecule is CCCN1CCN(C(C)C(=O)c2ccc(C)c(C)c2)CC1. The molecule has 0 saturated carbocycles. The summed E-state index contributed by atoms with van der Waals surface area (Å²) in [4.78, 5) is 17.5. The van der Waals surface area contributed by atoms with E-state index in [0.29, 0.717) is 0 Å². The molecule has 3 heteroatoms. The maximum Gasteiger partial charge on any atom is 0.179 e. The van der Waals surface area contributed by atoms with Crippen LogP contribution in [-0.4, -0.2) is 54.3 Å². The molecule has 3 nitrogen and oxygen atoms in total. The Bertz CT molecular complexity index is 490. The number of carbonyl (C=O) groups excluding carboxylic acids is 1.